The molecule has 1 amide bonds. The van der Waals surface area contributed by atoms with Crippen LogP contribution in [0.25, 0.3) is 0 Å². The molecule has 5 nitrogen and oxygen atoms in total. The Hall–Kier alpha value is -1.59. The summed E-state index contributed by atoms with van der Waals surface area (Å²) in [6, 6.07) is 6.74. The third-order valence-corrected chi connectivity index (χ3v) is 3.02. The third-order valence-electron chi connectivity index (χ3n) is 2.79. The highest BCUT2D eigenvalue weighted by Gasteiger charge is 2.27. The molecule has 1 fully saturated rings. The van der Waals surface area contributed by atoms with Crippen molar-refractivity contribution in [1.82, 2.24) is 5.32 Å². The van der Waals surface area contributed by atoms with E-state index in [9.17, 15) is 9.59 Å². The van der Waals surface area contributed by atoms with Crippen LogP contribution >= 0.6 is 11.6 Å². The van der Waals surface area contributed by atoms with Crippen LogP contribution in [0, 0.1) is 0 Å². The average molecular weight is 269 g/mol. The van der Waals surface area contributed by atoms with Gasteiger partial charge in [-0.2, -0.15) is 0 Å². The number of nitrogens with one attached hydrogen (secondary N) is 1. The number of carbonyl (C=O) groups excluding carboxylic acids is 1. The molecule has 2 N–H and O–H groups in total. The van der Waals surface area contributed by atoms with Gasteiger partial charge in [0.25, 0.3) is 0 Å². The highest BCUT2D eigenvalue weighted by Crippen LogP contribution is 2.21. The van der Waals surface area contributed by atoms with Gasteiger partial charge < -0.3 is 15.3 Å². The SMILES string of the molecule is O=C(O)CC1CN(c2cccc(Cl)c2)C(=O)CN1. The Morgan fingerprint density at radius 2 is 2.33 bits per heavy atom. The lowest BCUT2D eigenvalue weighted by Crippen LogP contribution is -2.54. The van der Waals surface area contributed by atoms with Gasteiger partial charge in [0.1, 0.15) is 0 Å². The molecule has 0 radical (unpaired) electrons. The summed E-state index contributed by atoms with van der Waals surface area (Å²) in [7, 11) is 0. The Balaban J connectivity index is 2.15. The maximum absolute atomic E-state index is 11.8. The van der Waals surface area contributed by atoms with Crippen molar-refractivity contribution in [3.8, 4) is 0 Å². The number of benzene rings is 1. The largest absolute Gasteiger partial charge is 0.481 e. The summed E-state index contributed by atoms with van der Waals surface area (Å²) in [4.78, 5) is 24.1. The smallest absolute Gasteiger partial charge is 0.304 e. The molecule has 0 bridgehead atoms. The summed E-state index contributed by atoms with van der Waals surface area (Å²) in [5.41, 5.74) is 0.699. The molecule has 1 aliphatic heterocycles. The summed E-state index contributed by atoms with van der Waals surface area (Å²) in [6.45, 7) is 0.482. The van der Waals surface area contributed by atoms with Crippen molar-refractivity contribution in [3.63, 3.8) is 0 Å². The van der Waals surface area contributed by atoms with Crippen molar-refractivity contribution < 1.29 is 14.7 Å². The second kappa shape index (κ2) is 5.37. The maximum Gasteiger partial charge on any atom is 0.304 e. The molecule has 96 valence electrons. The molecular formula is C12H13ClN2O3. The monoisotopic (exact) mass is 268 g/mol. The second-order valence-electron chi connectivity index (χ2n) is 4.16. The van der Waals surface area contributed by atoms with Gasteiger partial charge in [-0.05, 0) is 18.2 Å². The lowest BCUT2D eigenvalue weighted by Gasteiger charge is -2.33. The van der Waals surface area contributed by atoms with Crippen LogP contribution in [0.3, 0.4) is 0 Å². The molecule has 0 spiro atoms. The van der Waals surface area contributed by atoms with Crippen LogP contribution in [0.5, 0.6) is 0 Å². The quantitative estimate of drug-likeness (QED) is 0.862. The third kappa shape index (κ3) is 3.00. The van der Waals surface area contributed by atoms with Gasteiger partial charge in [-0.1, -0.05) is 17.7 Å². The van der Waals surface area contributed by atoms with E-state index in [1.54, 1.807) is 29.2 Å². The molecule has 1 saturated heterocycles. The van der Waals surface area contributed by atoms with Gasteiger partial charge in [0.05, 0.1) is 13.0 Å². The molecule has 1 aromatic rings. The normalized spacial score (nSPS) is 19.9. The first-order valence-corrected chi connectivity index (χ1v) is 5.95. The minimum Gasteiger partial charge on any atom is -0.481 e. The number of hydrogen-bond donors (Lipinski definition) is 2. The van der Waals surface area contributed by atoms with E-state index in [1.807, 2.05) is 0 Å². The average Bonchev–Trinajstić information content (AvgIpc) is 2.31. The summed E-state index contributed by atoms with van der Waals surface area (Å²) in [6.07, 6.45) is -0.00958. The number of piperazine rings is 1. The van der Waals surface area contributed by atoms with Gasteiger partial charge in [-0.15, -0.1) is 0 Å². The zero-order valence-corrected chi connectivity index (χ0v) is 10.4. The summed E-state index contributed by atoms with van der Waals surface area (Å²) < 4.78 is 0. The Bertz CT molecular complexity index is 478. The van der Waals surface area contributed by atoms with Crippen molar-refractivity contribution in [2.75, 3.05) is 18.0 Å². The van der Waals surface area contributed by atoms with E-state index in [4.69, 9.17) is 16.7 Å². The summed E-state index contributed by atoms with van der Waals surface area (Å²) in [5.74, 6) is -0.966. The lowest BCUT2D eigenvalue weighted by atomic mass is 10.1. The minimum absolute atomic E-state index is 0.00958. The van der Waals surface area contributed by atoms with Gasteiger partial charge in [-0.25, -0.2) is 0 Å². The predicted molar refractivity (Wildman–Crippen MR) is 67.8 cm³/mol. The van der Waals surface area contributed by atoms with Crippen LogP contribution in [0.1, 0.15) is 6.42 Å². The van der Waals surface area contributed by atoms with Gasteiger partial charge >= 0.3 is 5.97 Å². The highest BCUT2D eigenvalue weighted by atomic mass is 35.5. The van der Waals surface area contributed by atoms with Crippen LogP contribution in [0.15, 0.2) is 24.3 Å². The van der Waals surface area contributed by atoms with E-state index in [1.165, 1.54) is 0 Å². The number of amides is 1. The summed E-state index contributed by atoms with van der Waals surface area (Å²) in [5, 5.41) is 12.2. The molecule has 0 aliphatic carbocycles. The number of nitrogens with zero attached hydrogens (tertiary/aromatic N) is 1. The fraction of sp³-hybridized carbons (Fsp3) is 0.333. The Morgan fingerprint density at radius 3 is 3.00 bits per heavy atom. The van der Waals surface area contributed by atoms with Gasteiger partial charge in [0, 0.05) is 23.3 Å². The van der Waals surface area contributed by atoms with Crippen LogP contribution in [0.2, 0.25) is 5.02 Å². The fourth-order valence-corrected chi connectivity index (χ4v) is 2.14. The van der Waals surface area contributed by atoms with Crippen LogP contribution in [0.4, 0.5) is 5.69 Å². The molecule has 18 heavy (non-hydrogen) atoms. The van der Waals surface area contributed by atoms with E-state index >= 15 is 0 Å². The highest BCUT2D eigenvalue weighted by molar-refractivity contribution is 6.30. The standard InChI is InChI=1S/C12H13ClN2O3/c13-8-2-1-3-10(4-8)15-7-9(5-12(17)18)14-6-11(15)16/h1-4,9,14H,5-7H2,(H,17,18). The molecule has 6 heteroatoms. The molecule has 1 unspecified atom stereocenters. The first kappa shape index (κ1) is 12.9. The van der Waals surface area contributed by atoms with E-state index in [2.05, 4.69) is 5.32 Å². The van der Waals surface area contributed by atoms with Crippen molar-refractivity contribution in [2.24, 2.45) is 0 Å². The van der Waals surface area contributed by atoms with E-state index in [0.717, 1.165) is 0 Å². The topological polar surface area (TPSA) is 69.6 Å². The molecule has 0 saturated carbocycles. The van der Waals surface area contributed by atoms with Crippen molar-refractivity contribution in [1.29, 1.82) is 0 Å². The van der Waals surface area contributed by atoms with Crippen LogP contribution in [-0.4, -0.2) is 36.1 Å². The van der Waals surface area contributed by atoms with E-state index < -0.39 is 5.97 Å². The van der Waals surface area contributed by atoms with Crippen LogP contribution < -0.4 is 10.2 Å². The molecule has 1 aromatic carbocycles. The summed E-state index contributed by atoms with van der Waals surface area (Å²) >= 11 is 5.88. The maximum atomic E-state index is 11.8. The van der Waals surface area contributed by atoms with Gasteiger partial charge in [-0.3, -0.25) is 9.59 Å². The van der Waals surface area contributed by atoms with Crippen molar-refractivity contribution in [3.05, 3.63) is 29.3 Å². The zero-order valence-electron chi connectivity index (χ0n) is 9.60. The van der Waals surface area contributed by atoms with Gasteiger partial charge in [0.15, 0.2) is 0 Å². The number of carboxylic acids is 1. The Morgan fingerprint density at radius 1 is 1.56 bits per heavy atom. The molecule has 1 aliphatic rings. The molecule has 0 aromatic heterocycles. The van der Waals surface area contributed by atoms with Crippen LogP contribution in [-0.2, 0) is 9.59 Å². The molecule has 1 atom stereocenters. The fourth-order valence-electron chi connectivity index (χ4n) is 1.95. The number of hydrogen-bond acceptors (Lipinski definition) is 3. The first-order chi connectivity index (χ1) is 8.56. The number of halogens is 1. The van der Waals surface area contributed by atoms with E-state index in [0.29, 0.717) is 17.3 Å². The first-order valence-electron chi connectivity index (χ1n) is 5.57. The number of anilines is 1. The minimum atomic E-state index is -0.882. The Labute approximate surface area is 109 Å². The second-order valence-corrected chi connectivity index (χ2v) is 4.60. The number of carboxylic acid groups (broad SMARTS) is 1. The van der Waals surface area contributed by atoms with Crippen molar-refractivity contribution in [2.45, 2.75) is 12.5 Å². The zero-order chi connectivity index (χ0) is 13.1. The molecule has 1 heterocycles. The number of carbonyl (C=O) groups is 2. The lowest BCUT2D eigenvalue weighted by molar-refractivity contribution is -0.138. The number of aliphatic carboxylic acids is 1. The van der Waals surface area contributed by atoms with Gasteiger partial charge in [0.2, 0.25) is 5.91 Å². The molecular weight excluding hydrogens is 256 g/mol. The van der Waals surface area contributed by atoms with E-state index in [-0.39, 0.29) is 24.9 Å². The predicted octanol–water partition coefficient (Wildman–Crippen LogP) is 1.12. The molecule has 2 rings (SSSR count). The van der Waals surface area contributed by atoms with Crippen molar-refractivity contribution >= 4 is 29.2 Å². The number of rotatable bonds is 3. The Kier molecular flexibility index (Phi) is 3.84.